The van der Waals surface area contributed by atoms with E-state index < -0.39 is 5.25 Å². The van der Waals surface area contributed by atoms with Gasteiger partial charge in [0.1, 0.15) is 10.6 Å². The lowest BCUT2D eigenvalue weighted by Gasteiger charge is -2.12. The number of fused-ring (bicyclic) bond motifs is 3. The number of nitrogens with zero attached hydrogens (tertiary/aromatic N) is 1. The average molecular weight is 422 g/mol. The summed E-state index contributed by atoms with van der Waals surface area (Å²) in [5.74, 6) is -0.389. The predicted molar refractivity (Wildman–Crippen MR) is 109 cm³/mol. The minimum absolute atomic E-state index is 0.0639. The molecule has 1 atom stereocenters. The van der Waals surface area contributed by atoms with Crippen molar-refractivity contribution >= 4 is 56.5 Å². The second-order valence-electron chi connectivity index (χ2n) is 6.32. The molecular formula is C18H16ClN3O3S2. The summed E-state index contributed by atoms with van der Waals surface area (Å²) in [6, 6.07) is 4.43. The topological polar surface area (TPSA) is 95.1 Å². The number of aromatic amines is 1. The van der Waals surface area contributed by atoms with Crippen LogP contribution in [0.25, 0.3) is 10.2 Å². The van der Waals surface area contributed by atoms with Crippen LogP contribution in [0, 0.1) is 0 Å². The van der Waals surface area contributed by atoms with Crippen LogP contribution in [0.5, 0.6) is 5.75 Å². The SMILES string of the molecule is CC(Sc1nc2sc3c(c2c(=O)[nH]1)CCC3)C(=O)Nc1cc(Cl)ccc1O. The fourth-order valence-corrected chi connectivity index (χ4v) is 5.39. The summed E-state index contributed by atoms with van der Waals surface area (Å²) < 4.78 is 0. The van der Waals surface area contributed by atoms with Crippen LogP contribution in [0.2, 0.25) is 5.02 Å². The van der Waals surface area contributed by atoms with E-state index >= 15 is 0 Å². The predicted octanol–water partition coefficient (Wildman–Crippen LogP) is 3.95. The van der Waals surface area contributed by atoms with Crippen LogP contribution in [-0.2, 0) is 17.6 Å². The molecule has 1 amide bonds. The first-order chi connectivity index (χ1) is 12.9. The fourth-order valence-electron chi connectivity index (χ4n) is 3.10. The highest BCUT2D eigenvalue weighted by Gasteiger charge is 2.23. The van der Waals surface area contributed by atoms with Gasteiger partial charge < -0.3 is 15.4 Å². The number of thiophene rings is 1. The molecule has 0 saturated carbocycles. The molecule has 9 heteroatoms. The van der Waals surface area contributed by atoms with Crippen molar-refractivity contribution in [3.8, 4) is 5.75 Å². The average Bonchev–Trinajstić information content (AvgIpc) is 3.18. The molecule has 1 unspecified atom stereocenters. The maximum Gasteiger partial charge on any atom is 0.260 e. The molecule has 2 aromatic heterocycles. The quantitative estimate of drug-likeness (QED) is 0.337. The second-order valence-corrected chi connectivity index (χ2v) is 9.17. The number of carbonyl (C=O) groups excluding carboxylic acids is 1. The van der Waals surface area contributed by atoms with Crippen molar-refractivity contribution in [2.75, 3.05) is 5.32 Å². The zero-order valence-electron chi connectivity index (χ0n) is 14.3. The zero-order chi connectivity index (χ0) is 19.1. The van der Waals surface area contributed by atoms with E-state index in [0.29, 0.717) is 15.6 Å². The van der Waals surface area contributed by atoms with E-state index in [1.807, 2.05) is 0 Å². The van der Waals surface area contributed by atoms with Crippen molar-refractivity contribution in [3.63, 3.8) is 0 Å². The summed E-state index contributed by atoms with van der Waals surface area (Å²) in [5, 5.41) is 13.4. The molecule has 4 rings (SSSR count). The molecule has 1 aliphatic carbocycles. The Kier molecular flexibility index (Phi) is 4.88. The Morgan fingerprint density at radius 1 is 1.44 bits per heavy atom. The van der Waals surface area contributed by atoms with E-state index in [0.717, 1.165) is 41.4 Å². The summed E-state index contributed by atoms with van der Waals surface area (Å²) in [7, 11) is 0. The van der Waals surface area contributed by atoms with E-state index in [1.165, 1.54) is 23.1 Å². The maximum atomic E-state index is 12.5. The van der Waals surface area contributed by atoms with Crippen molar-refractivity contribution in [1.29, 1.82) is 0 Å². The number of thioether (sulfide) groups is 1. The Balaban J connectivity index is 1.54. The first kappa shape index (κ1) is 18.3. The number of hydrogen-bond donors (Lipinski definition) is 3. The molecule has 6 nitrogen and oxygen atoms in total. The van der Waals surface area contributed by atoms with Gasteiger partial charge in [-0.1, -0.05) is 23.4 Å². The minimum Gasteiger partial charge on any atom is -0.506 e. The third-order valence-electron chi connectivity index (χ3n) is 4.43. The third kappa shape index (κ3) is 3.56. The van der Waals surface area contributed by atoms with Gasteiger partial charge in [-0.3, -0.25) is 9.59 Å². The number of carbonyl (C=O) groups is 1. The molecule has 0 spiro atoms. The number of nitrogens with one attached hydrogen (secondary N) is 2. The van der Waals surface area contributed by atoms with E-state index in [1.54, 1.807) is 18.3 Å². The number of aryl methyl sites for hydroxylation is 2. The number of halogens is 1. The molecule has 0 aliphatic heterocycles. The highest BCUT2D eigenvalue weighted by molar-refractivity contribution is 8.00. The Morgan fingerprint density at radius 2 is 2.26 bits per heavy atom. The molecule has 2 heterocycles. The highest BCUT2D eigenvalue weighted by atomic mass is 35.5. The minimum atomic E-state index is -0.532. The van der Waals surface area contributed by atoms with Gasteiger partial charge in [-0.2, -0.15) is 0 Å². The Bertz CT molecular complexity index is 1110. The number of anilines is 1. The lowest BCUT2D eigenvalue weighted by molar-refractivity contribution is -0.115. The molecule has 140 valence electrons. The number of phenolic OH excluding ortho intramolecular Hbond substituents is 1. The van der Waals surface area contributed by atoms with Crippen LogP contribution in [0.15, 0.2) is 28.2 Å². The molecule has 1 aliphatic rings. The summed E-state index contributed by atoms with van der Waals surface area (Å²) in [6.07, 6.45) is 3.01. The number of amides is 1. The lowest BCUT2D eigenvalue weighted by Crippen LogP contribution is -2.23. The van der Waals surface area contributed by atoms with Gasteiger partial charge in [0, 0.05) is 9.90 Å². The number of rotatable bonds is 4. The van der Waals surface area contributed by atoms with E-state index in [9.17, 15) is 14.7 Å². The van der Waals surface area contributed by atoms with Crippen molar-refractivity contribution in [1.82, 2.24) is 9.97 Å². The van der Waals surface area contributed by atoms with Gasteiger partial charge in [0.2, 0.25) is 5.91 Å². The summed E-state index contributed by atoms with van der Waals surface area (Å²) in [4.78, 5) is 34.2. The van der Waals surface area contributed by atoms with Crippen molar-refractivity contribution in [2.45, 2.75) is 36.6 Å². The number of hydrogen-bond acceptors (Lipinski definition) is 6. The van der Waals surface area contributed by atoms with Gasteiger partial charge in [0.15, 0.2) is 5.16 Å². The molecule has 0 fully saturated rings. The number of H-pyrrole nitrogens is 1. The Labute approximate surface area is 168 Å². The van der Waals surface area contributed by atoms with Crippen molar-refractivity contribution in [2.24, 2.45) is 0 Å². The molecule has 0 bridgehead atoms. The van der Waals surface area contributed by atoms with Gasteiger partial charge in [-0.15, -0.1) is 11.3 Å². The molecule has 3 aromatic rings. The van der Waals surface area contributed by atoms with Gasteiger partial charge >= 0.3 is 0 Å². The van der Waals surface area contributed by atoms with E-state index in [2.05, 4.69) is 15.3 Å². The maximum absolute atomic E-state index is 12.5. The third-order valence-corrected chi connectivity index (χ3v) is 6.83. The molecule has 3 N–H and O–H groups in total. The standard InChI is InChI=1S/C18H16ClN3O3S2/c1-8(15(24)20-11-7-9(19)5-6-12(11)23)26-18-21-16(25)14-10-3-2-4-13(10)27-17(14)22-18/h5-8,23H,2-4H2,1H3,(H,20,24)(H,21,22,25). The van der Waals surface area contributed by atoms with Gasteiger partial charge in [-0.05, 0) is 49.9 Å². The number of phenols is 1. The molecular weight excluding hydrogens is 406 g/mol. The zero-order valence-corrected chi connectivity index (χ0v) is 16.7. The van der Waals surface area contributed by atoms with E-state index in [4.69, 9.17) is 11.6 Å². The van der Waals surface area contributed by atoms with Gasteiger partial charge in [0.25, 0.3) is 5.56 Å². The van der Waals surface area contributed by atoms with Crippen LogP contribution in [-0.4, -0.2) is 26.2 Å². The monoisotopic (exact) mass is 421 g/mol. The van der Waals surface area contributed by atoms with Crippen LogP contribution in [0.1, 0.15) is 23.8 Å². The molecule has 27 heavy (non-hydrogen) atoms. The summed E-state index contributed by atoms with van der Waals surface area (Å²) in [6.45, 7) is 1.71. The fraction of sp³-hybridized carbons (Fsp3) is 0.278. The molecule has 0 radical (unpaired) electrons. The van der Waals surface area contributed by atoms with Gasteiger partial charge in [-0.25, -0.2) is 4.98 Å². The van der Waals surface area contributed by atoms with Crippen LogP contribution in [0.4, 0.5) is 5.69 Å². The lowest BCUT2D eigenvalue weighted by atomic mass is 10.2. The first-order valence-corrected chi connectivity index (χ1v) is 10.5. The summed E-state index contributed by atoms with van der Waals surface area (Å²) in [5.41, 5.74) is 1.22. The summed E-state index contributed by atoms with van der Waals surface area (Å²) >= 11 is 8.63. The van der Waals surface area contributed by atoms with Crippen molar-refractivity contribution < 1.29 is 9.90 Å². The number of aromatic nitrogens is 2. The van der Waals surface area contributed by atoms with Crippen molar-refractivity contribution in [3.05, 3.63) is 44.0 Å². The van der Waals surface area contributed by atoms with E-state index in [-0.39, 0.29) is 22.9 Å². The first-order valence-electron chi connectivity index (χ1n) is 8.43. The largest absolute Gasteiger partial charge is 0.506 e. The smallest absolute Gasteiger partial charge is 0.260 e. The highest BCUT2D eigenvalue weighted by Crippen LogP contribution is 2.35. The van der Waals surface area contributed by atoms with Crippen LogP contribution in [0.3, 0.4) is 0 Å². The van der Waals surface area contributed by atoms with Gasteiger partial charge in [0.05, 0.1) is 16.3 Å². The Hall–Kier alpha value is -2.03. The molecule has 0 saturated heterocycles. The Morgan fingerprint density at radius 3 is 3.07 bits per heavy atom. The second kappa shape index (κ2) is 7.18. The van der Waals surface area contributed by atoms with Crippen LogP contribution >= 0.6 is 34.7 Å². The molecule has 1 aromatic carbocycles. The van der Waals surface area contributed by atoms with Crippen LogP contribution < -0.4 is 10.9 Å². The normalized spacial score (nSPS) is 14.3. The number of benzene rings is 1. The number of aromatic hydroxyl groups is 1.